The largest absolute Gasteiger partial charge is 1.00 e. The van der Waals surface area contributed by atoms with Gasteiger partial charge in [-0.05, 0) is 0 Å². The first-order chi connectivity index (χ1) is 5.10. The van der Waals surface area contributed by atoms with E-state index in [0.29, 0.717) is 0 Å². The molecule has 0 amide bonds. The molecule has 0 aromatic carbocycles. The fourth-order valence-electron chi connectivity index (χ4n) is 0.211. The van der Waals surface area contributed by atoms with E-state index in [2.05, 4.69) is 9.05 Å². The van der Waals surface area contributed by atoms with Crippen LogP contribution >= 0.6 is 15.6 Å². The van der Waals surface area contributed by atoms with Crippen molar-refractivity contribution in [2.75, 3.05) is 0 Å². The predicted molar refractivity (Wildman–Crippen MR) is 33.9 cm³/mol. The third-order valence-corrected chi connectivity index (χ3v) is 1.16. The molecular formula is CH6Co2Na2O9P2. The Hall–Kier alpha value is 2.58. The number of carbonyl (C=O) groups excluding carboxylic acids is 1. The first-order valence-electron chi connectivity index (χ1n) is 2.14. The molecule has 4 N–H and O–H groups in total. The van der Waals surface area contributed by atoms with Crippen molar-refractivity contribution >= 4 is 21.8 Å². The molecule has 0 bridgehead atoms. The topological polar surface area (TPSA) is 151 Å². The van der Waals surface area contributed by atoms with Crippen molar-refractivity contribution in [3.05, 3.63) is 0 Å². The molecule has 15 heteroatoms. The SMILES string of the molecule is O=C(OP(=O)(O)O)OP(=O)(O)O.[Co].[Co].[H-].[H-].[Na+].[Na+]. The summed E-state index contributed by atoms with van der Waals surface area (Å²) in [5.74, 6) is 0. The predicted octanol–water partition coefficient (Wildman–Crippen LogP) is -6.45. The van der Waals surface area contributed by atoms with E-state index in [-0.39, 0.29) is 95.5 Å². The van der Waals surface area contributed by atoms with Gasteiger partial charge in [0, 0.05) is 33.6 Å². The van der Waals surface area contributed by atoms with E-state index in [1.54, 1.807) is 0 Å². The molecular weight excluding hydrogens is 382 g/mol. The zero-order valence-corrected chi connectivity index (χ0v) is 15.8. The maximum absolute atomic E-state index is 10.0. The zero-order valence-electron chi connectivity index (χ0n) is 9.89. The molecule has 0 saturated carbocycles. The van der Waals surface area contributed by atoms with Gasteiger partial charge >= 0.3 is 80.9 Å². The molecule has 0 aliphatic carbocycles. The minimum absolute atomic E-state index is 0. The van der Waals surface area contributed by atoms with Crippen LogP contribution in [0, 0.1) is 0 Å². The number of hydrogen-bond acceptors (Lipinski definition) is 5. The van der Waals surface area contributed by atoms with Crippen LogP contribution in [0.4, 0.5) is 4.79 Å². The molecule has 94 valence electrons. The normalized spacial score (nSPS) is 9.25. The summed E-state index contributed by atoms with van der Waals surface area (Å²) in [6.07, 6.45) is -2.14. The molecule has 0 aliphatic rings. The smallest absolute Gasteiger partial charge is 1.00 e. The van der Waals surface area contributed by atoms with Crippen LogP contribution in [-0.2, 0) is 51.7 Å². The van der Waals surface area contributed by atoms with Gasteiger partial charge in [-0.2, -0.15) is 0 Å². The molecule has 0 aromatic rings. The van der Waals surface area contributed by atoms with Crippen molar-refractivity contribution in [3.8, 4) is 0 Å². The van der Waals surface area contributed by atoms with Crippen LogP contribution in [0.3, 0.4) is 0 Å². The maximum Gasteiger partial charge on any atom is 1.00 e. The third-order valence-electron chi connectivity index (χ3n) is 0.387. The average molecular weight is 388 g/mol. The molecule has 0 aromatic heterocycles. The number of phosphoric acid groups is 2. The van der Waals surface area contributed by atoms with E-state index in [0.717, 1.165) is 0 Å². The second-order valence-electron chi connectivity index (χ2n) is 1.41. The quantitative estimate of drug-likeness (QED) is 0.268. The summed E-state index contributed by atoms with van der Waals surface area (Å²) in [4.78, 5) is 41.7. The van der Waals surface area contributed by atoms with Crippen molar-refractivity contribution < 1.29 is 138 Å². The Balaban J connectivity index is -0.0000000403. The van der Waals surface area contributed by atoms with Crippen molar-refractivity contribution in [3.63, 3.8) is 0 Å². The van der Waals surface area contributed by atoms with Gasteiger partial charge in [0.15, 0.2) is 0 Å². The van der Waals surface area contributed by atoms with Gasteiger partial charge in [-0.25, -0.2) is 13.9 Å². The van der Waals surface area contributed by atoms with Gasteiger partial charge in [0.25, 0.3) is 0 Å². The number of hydrogen-bond donors (Lipinski definition) is 4. The van der Waals surface area contributed by atoms with Gasteiger partial charge in [-0.3, -0.25) is 19.6 Å². The van der Waals surface area contributed by atoms with Crippen LogP contribution in [0.25, 0.3) is 0 Å². The number of rotatable bonds is 2. The summed E-state index contributed by atoms with van der Waals surface area (Å²) in [6.45, 7) is 0. The van der Waals surface area contributed by atoms with Crippen molar-refractivity contribution in [2.45, 2.75) is 0 Å². The molecule has 0 aliphatic heterocycles. The molecule has 0 unspecified atom stereocenters. The van der Waals surface area contributed by atoms with Crippen molar-refractivity contribution in [1.29, 1.82) is 0 Å². The standard InChI is InChI=1S/CH4O9P2.2Co.2Na.2H/c2-1(9-11(3,4)5)10-12(6,7)8;;;;;;/h(H2,3,4,5)(H2,6,7,8);;;;;;/q;;;2*+1;2*-1. The van der Waals surface area contributed by atoms with Crippen LogP contribution in [0.15, 0.2) is 0 Å². The van der Waals surface area contributed by atoms with E-state index in [4.69, 9.17) is 19.6 Å². The molecule has 16 heavy (non-hydrogen) atoms. The summed E-state index contributed by atoms with van der Waals surface area (Å²) in [5, 5.41) is 0. The van der Waals surface area contributed by atoms with Gasteiger partial charge in [-0.1, -0.05) is 0 Å². The molecule has 0 saturated heterocycles. The Labute approximate surface area is 158 Å². The molecule has 0 rings (SSSR count). The van der Waals surface area contributed by atoms with Crippen LogP contribution < -0.4 is 59.1 Å². The number of phosphoric ester groups is 2. The third kappa shape index (κ3) is 25.4. The van der Waals surface area contributed by atoms with Crippen LogP contribution in [0.2, 0.25) is 0 Å². The molecule has 2 radical (unpaired) electrons. The molecule has 9 nitrogen and oxygen atoms in total. The Morgan fingerprint density at radius 1 is 0.875 bits per heavy atom. The number of carbonyl (C=O) groups is 1. The van der Waals surface area contributed by atoms with Gasteiger partial charge in [-0.15, -0.1) is 0 Å². The average Bonchev–Trinajstić information content (AvgIpc) is 1.49. The van der Waals surface area contributed by atoms with Crippen LogP contribution in [0.5, 0.6) is 0 Å². The second-order valence-corrected chi connectivity index (χ2v) is 3.74. The van der Waals surface area contributed by atoms with E-state index < -0.39 is 21.8 Å². The van der Waals surface area contributed by atoms with Crippen LogP contribution in [-0.4, -0.2) is 25.7 Å². The van der Waals surface area contributed by atoms with E-state index >= 15 is 0 Å². The first kappa shape index (κ1) is 31.1. The van der Waals surface area contributed by atoms with E-state index in [1.165, 1.54) is 0 Å². The summed E-state index contributed by atoms with van der Waals surface area (Å²) in [7, 11) is -10.3. The molecule has 0 fully saturated rings. The fraction of sp³-hybridized carbons (Fsp3) is 0. The Morgan fingerprint density at radius 2 is 1.06 bits per heavy atom. The van der Waals surface area contributed by atoms with Crippen molar-refractivity contribution in [2.24, 2.45) is 0 Å². The van der Waals surface area contributed by atoms with Gasteiger partial charge in [0.1, 0.15) is 0 Å². The zero-order chi connectivity index (χ0) is 9.99. The van der Waals surface area contributed by atoms with Gasteiger partial charge in [0.05, 0.1) is 0 Å². The minimum atomic E-state index is -5.13. The van der Waals surface area contributed by atoms with E-state index in [1.807, 2.05) is 0 Å². The molecule has 0 atom stereocenters. The Morgan fingerprint density at radius 3 is 1.19 bits per heavy atom. The summed E-state index contributed by atoms with van der Waals surface area (Å²) in [6, 6.07) is 0. The molecule has 0 heterocycles. The Bertz CT molecular complexity index is 254. The summed E-state index contributed by atoms with van der Waals surface area (Å²) < 4.78 is 25.9. The van der Waals surface area contributed by atoms with Gasteiger partial charge < -0.3 is 11.9 Å². The van der Waals surface area contributed by atoms with Crippen LogP contribution in [0.1, 0.15) is 2.85 Å². The first-order valence-corrected chi connectivity index (χ1v) is 5.20. The maximum atomic E-state index is 10.0. The monoisotopic (exact) mass is 388 g/mol. The summed E-state index contributed by atoms with van der Waals surface area (Å²) >= 11 is 0. The Kier molecular flexibility index (Phi) is 24.5. The van der Waals surface area contributed by atoms with Crippen molar-refractivity contribution in [1.82, 2.24) is 0 Å². The fourth-order valence-corrected chi connectivity index (χ4v) is 0.733. The second kappa shape index (κ2) is 12.6. The minimum Gasteiger partial charge on any atom is -1.00 e. The van der Waals surface area contributed by atoms with Gasteiger partial charge in [0.2, 0.25) is 0 Å². The molecule has 0 spiro atoms. The summed E-state index contributed by atoms with van der Waals surface area (Å²) in [5.41, 5.74) is 0. The van der Waals surface area contributed by atoms with E-state index in [9.17, 15) is 13.9 Å².